The predicted molar refractivity (Wildman–Crippen MR) is 67.0 cm³/mol. The number of para-hydroxylation sites is 1. The van der Waals surface area contributed by atoms with Gasteiger partial charge in [0.1, 0.15) is 0 Å². The van der Waals surface area contributed by atoms with Gasteiger partial charge in [0.25, 0.3) is 5.91 Å². The summed E-state index contributed by atoms with van der Waals surface area (Å²) in [6.45, 7) is 0.642. The average Bonchev–Trinajstić information content (AvgIpc) is 2.90. The zero-order chi connectivity index (χ0) is 11.4. The van der Waals surface area contributed by atoms with Crippen LogP contribution in [0.2, 0.25) is 0 Å². The van der Waals surface area contributed by atoms with Crippen molar-refractivity contribution in [2.24, 2.45) is 0 Å². The van der Waals surface area contributed by atoms with E-state index in [-0.39, 0.29) is 5.91 Å². The Labute approximate surface area is 97.4 Å². The number of benzene rings is 2. The minimum atomic E-state index is 0.0374. The number of carbonyl (C=O) groups is 1. The highest BCUT2D eigenvalue weighted by Gasteiger charge is 2.23. The van der Waals surface area contributed by atoms with Gasteiger partial charge in [-0.3, -0.25) is 4.79 Å². The van der Waals surface area contributed by atoms with Gasteiger partial charge < -0.3 is 10.3 Å². The monoisotopic (exact) mass is 222 g/mol. The summed E-state index contributed by atoms with van der Waals surface area (Å²) in [5.41, 5.74) is 4.03. The molecule has 0 fully saturated rings. The first-order valence-electron chi connectivity index (χ1n) is 5.65. The van der Waals surface area contributed by atoms with Crippen molar-refractivity contribution in [3.05, 3.63) is 47.5 Å². The SMILES string of the molecule is O=C1NCc2ccc3[nH]c4ccccc4c3c21. The van der Waals surface area contributed by atoms with Crippen molar-refractivity contribution in [2.75, 3.05) is 0 Å². The molecule has 0 saturated carbocycles. The van der Waals surface area contributed by atoms with Crippen LogP contribution in [-0.2, 0) is 6.54 Å². The number of hydrogen-bond acceptors (Lipinski definition) is 1. The maximum absolute atomic E-state index is 11.9. The highest BCUT2D eigenvalue weighted by Crippen LogP contribution is 2.32. The number of hydrogen-bond donors (Lipinski definition) is 2. The molecule has 4 rings (SSSR count). The Hall–Kier alpha value is -2.29. The summed E-state index contributed by atoms with van der Waals surface area (Å²) in [7, 11) is 0. The van der Waals surface area contributed by atoms with Crippen molar-refractivity contribution < 1.29 is 4.79 Å². The van der Waals surface area contributed by atoms with Crippen molar-refractivity contribution >= 4 is 27.7 Å². The fraction of sp³-hybridized carbons (Fsp3) is 0.0714. The highest BCUT2D eigenvalue weighted by atomic mass is 16.1. The van der Waals surface area contributed by atoms with Gasteiger partial charge in [0.15, 0.2) is 0 Å². The molecule has 1 amide bonds. The van der Waals surface area contributed by atoms with Crippen LogP contribution < -0.4 is 5.32 Å². The van der Waals surface area contributed by atoms with E-state index in [9.17, 15) is 4.79 Å². The molecule has 1 aromatic heterocycles. The van der Waals surface area contributed by atoms with E-state index in [1.54, 1.807) is 0 Å². The molecule has 0 unspecified atom stereocenters. The van der Waals surface area contributed by atoms with Gasteiger partial charge in [-0.15, -0.1) is 0 Å². The Bertz CT molecular complexity index is 770. The van der Waals surface area contributed by atoms with Gasteiger partial charge >= 0.3 is 0 Å². The third kappa shape index (κ3) is 1.03. The maximum atomic E-state index is 11.9. The van der Waals surface area contributed by atoms with E-state index in [2.05, 4.69) is 22.4 Å². The first kappa shape index (κ1) is 8.82. The van der Waals surface area contributed by atoms with Crippen LogP contribution in [0.15, 0.2) is 36.4 Å². The molecule has 2 N–H and O–H groups in total. The Morgan fingerprint density at radius 2 is 1.88 bits per heavy atom. The number of H-pyrrole nitrogens is 1. The Kier molecular flexibility index (Phi) is 1.50. The summed E-state index contributed by atoms with van der Waals surface area (Å²) in [6.07, 6.45) is 0. The largest absolute Gasteiger partial charge is 0.354 e. The molecule has 0 bridgehead atoms. The summed E-state index contributed by atoms with van der Waals surface area (Å²) >= 11 is 0. The first-order chi connectivity index (χ1) is 8.34. The zero-order valence-electron chi connectivity index (χ0n) is 9.08. The lowest BCUT2D eigenvalue weighted by atomic mass is 10.0. The number of aromatic nitrogens is 1. The smallest absolute Gasteiger partial charge is 0.252 e. The molecule has 2 aromatic carbocycles. The molecule has 3 nitrogen and oxygen atoms in total. The first-order valence-corrected chi connectivity index (χ1v) is 5.65. The number of aromatic amines is 1. The molecular formula is C14H10N2O. The van der Waals surface area contributed by atoms with E-state index in [1.807, 2.05) is 24.3 Å². The molecule has 82 valence electrons. The van der Waals surface area contributed by atoms with Gasteiger partial charge in [0.2, 0.25) is 0 Å². The van der Waals surface area contributed by atoms with Crippen molar-refractivity contribution in [2.45, 2.75) is 6.54 Å². The molecule has 0 radical (unpaired) electrons. The fourth-order valence-corrected chi connectivity index (χ4v) is 2.66. The highest BCUT2D eigenvalue weighted by molar-refractivity contribution is 6.19. The van der Waals surface area contributed by atoms with E-state index in [1.165, 1.54) is 0 Å². The second-order valence-corrected chi connectivity index (χ2v) is 4.38. The molecular weight excluding hydrogens is 212 g/mol. The van der Waals surface area contributed by atoms with Crippen LogP contribution in [0, 0.1) is 0 Å². The summed E-state index contributed by atoms with van der Waals surface area (Å²) in [5, 5.41) is 5.05. The summed E-state index contributed by atoms with van der Waals surface area (Å²) < 4.78 is 0. The number of nitrogens with one attached hydrogen (secondary N) is 2. The molecule has 1 aliphatic heterocycles. The number of rotatable bonds is 0. The van der Waals surface area contributed by atoms with Crippen molar-refractivity contribution in [3.63, 3.8) is 0 Å². The molecule has 17 heavy (non-hydrogen) atoms. The summed E-state index contributed by atoms with van der Waals surface area (Å²) in [4.78, 5) is 15.2. The normalized spacial score (nSPS) is 14.2. The van der Waals surface area contributed by atoms with Crippen LogP contribution in [0.4, 0.5) is 0 Å². The molecule has 3 heteroatoms. The quantitative estimate of drug-likeness (QED) is 0.603. The van der Waals surface area contributed by atoms with Crippen molar-refractivity contribution in [3.8, 4) is 0 Å². The standard InChI is InChI=1S/C14H10N2O/c17-14-12-8(7-15-14)5-6-11-13(12)9-3-1-2-4-10(9)16-11/h1-6,16H,7H2,(H,15,17). The number of carbonyl (C=O) groups excluding carboxylic acids is 1. The Morgan fingerprint density at radius 1 is 1.00 bits per heavy atom. The van der Waals surface area contributed by atoms with Gasteiger partial charge in [0, 0.05) is 28.4 Å². The van der Waals surface area contributed by atoms with Gasteiger partial charge in [-0.1, -0.05) is 24.3 Å². The third-order valence-corrected chi connectivity index (χ3v) is 3.42. The van der Waals surface area contributed by atoms with E-state index in [4.69, 9.17) is 0 Å². The summed E-state index contributed by atoms with van der Waals surface area (Å²) in [6, 6.07) is 12.2. The average molecular weight is 222 g/mol. The molecule has 1 aliphatic rings. The number of fused-ring (bicyclic) bond motifs is 5. The summed E-state index contributed by atoms with van der Waals surface area (Å²) in [5.74, 6) is 0.0374. The Balaban J connectivity index is 2.29. The molecule has 3 aromatic rings. The molecule has 0 aliphatic carbocycles. The van der Waals surface area contributed by atoms with Crippen LogP contribution in [0.3, 0.4) is 0 Å². The van der Waals surface area contributed by atoms with Crippen LogP contribution in [0.25, 0.3) is 21.8 Å². The van der Waals surface area contributed by atoms with Crippen molar-refractivity contribution in [1.82, 2.24) is 10.3 Å². The van der Waals surface area contributed by atoms with E-state index in [0.29, 0.717) is 6.54 Å². The van der Waals surface area contributed by atoms with Gasteiger partial charge in [-0.25, -0.2) is 0 Å². The van der Waals surface area contributed by atoms with Gasteiger partial charge in [-0.2, -0.15) is 0 Å². The molecule has 0 spiro atoms. The molecule has 0 atom stereocenters. The lowest BCUT2D eigenvalue weighted by Gasteiger charge is -1.98. The Morgan fingerprint density at radius 3 is 2.82 bits per heavy atom. The van der Waals surface area contributed by atoms with Crippen LogP contribution in [0.5, 0.6) is 0 Å². The maximum Gasteiger partial charge on any atom is 0.252 e. The second-order valence-electron chi connectivity index (χ2n) is 4.38. The predicted octanol–water partition coefficient (Wildman–Crippen LogP) is 2.56. The van der Waals surface area contributed by atoms with Crippen LogP contribution in [0.1, 0.15) is 15.9 Å². The topological polar surface area (TPSA) is 44.9 Å². The molecule has 0 saturated heterocycles. The minimum Gasteiger partial charge on any atom is -0.354 e. The van der Waals surface area contributed by atoms with E-state index >= 15 is 0 Å². The lowest BCUT2D eigenvalue weighted by Crippen LogP contribution is -2.12. The van der Waals surface area contributed by atoms with Crippen LogP contribution in [-0.4, -0.2) is 10.9 Å². The second kappa shape index (κ2) is 2.88. The van der Waals surface area contributed by atoms with E-state index in [0.717, 1.165) is 32.9 Å². The molecule has 2 heterocycles. The fourth-order valence-electron chi connectivity index (χ4n) is 2.66. The lowest BCUT2D eigenvalue weighted by molar-refractivity contribution is 0.0967. The zero-order valence-corrected chi connectivity index (χ0v) is 9.08. The number of amides is 1. The van der Waals surface area contributed by atoms with Crippen molar-refractivity contribution in [1.29, 1.82) is 0 Å². The van der Waals surface area contributed by atoms with E-state index < -0.39 is 0 Å². The van der Waals surface area contributed by atoms with Gasteiger partial charge in [-0.05, 0) is 17.7 Å². The minimum absolute atomic E-state index is 0.0374. The van der Waals surface area contributed by atoms with Crippen LogP contribution >= 0.6 is 0 Å². The van der Waals surface area contributed by atoms with Gasteiger partial charge in [0.05, 0.1) is 5.56 Å². The third-order valence-electron chi connectivity index (χ3n) is 3.42.